The van der Waals surface area contributed by atoms with Crippen LogP contribution in [-0.4, -0.2) is 48.8 Å². The maximum absolute atomic E-state index is 13.6. The largest absolute Gasteiger partial charge is 0.369 e. The van der Waals surface area contributed by atoms with E-state index in [-0.39, 0.29) is 11.8 Å². The van der Waals surface area contributed by atoms with Gasteiger partial charge in [0.15, 0.2) is 0 Å². The molecule has 1 aliphatic carbocycles. The number of H-pyrrole nitrogens is 1. The minimum absolute atomic E-state index is 0.0167. The lowest BCUT2D eigenvalue weighted by Gasteiger charge is -2.29. The molecular weight excluding hydrogens is 527 g/mol. The van der Waals surface area contributed by atoms with Crippen LogP contribution in [0.3, 0.4) is 0 Å². The number of piperidine rings is 1. The molecule has 0 bridgehead atoms. The van der Waals surface area contributed by atoms with Gasteiger partial charge in [-0.15, -0.1) is 22.7 Å². The molecule has 1 aromatic carbocycles. The van der Waals surface area contributed by atoms with Crippen molar-refractivity contribution in [3.63, 3.8) is 0 Å². The summed E-state index contributed by atoms with van der Waals surface area (Å²) in [5.41, 5.74) is 7.83. The van der Waals surface area contributed by atoms with Crippen LogP contribution in [-0.2, 0) is 21.4 Å². The van der Waals surface area contributed by atoms with Crippen molar-refractivity contribution < 1.29 is 13.2 Å². The number of primary amides is 1. The van der Waals surface area contributed by atoms with Crippen LogP contribution in [0.15, 0.2) is 52.2 Å². The fourth-order valence-electron chi connectivity index (χ4n) is 4.94. The fourth-order valence-corrected chi connectivity index (χ4v) is 8.53. The summed E-state index contributed by atoms with van der Waals surface area (Å²) in [6.07, 6.45) is 5.64. The van der Waals surface area contributed by atoms with Gasteiger partial charge in [-0.05, 0) is 68.3 Å². The Hall–Kier alpha value is -2.73. The molecule has 4 aromatic rings. The molecule has 0 spiro atoms. The number of aromatic amines is 1. The van der Waals surface area contributed by atoms with Gasteiger partial charge in [-0.25, -0.2) is 13.4 Å². The molecule has 2 fully saturated rings. The van der Waals surface area contributed by atoms with Crippen LogP contribution in [0.4, 0.5) is 5.69 Å². The van der Waals surface area contributed by atoms with E-state index in [1.54, 1.807) is 33.2 Å². The van der Waals surface area contributed by atoms with E-state index in [4.69, 9.17) is 5.73 Å². The summed E-state index contributed by atoms with van der Waals surface area (Å²) < 4.78 is 29.2. The predicted octanol–water partition coefficient (Wildman–Crippen LogP) is 4.66. The molecule has 37 heavy (non-hydrogen) atoms. The lowest BCUT2D eigenvalue weighted by atomic mass is 9.96. The molecule has 194 valence electrons. The lowest BCUT2D eigenvalue weighted by molar-refractivity contribution is -0.123. The van der Waals surface area contributed by atoms with Crippen molar-refractivity contribution in [2.75, 3.05) is 23.9 Å². The Morgan fingerprint density at radius 1 is 1.16 bits per heavy atom. The number of thiazole rings is 1. The number of likely N-dealkylation sites (tertiary alicyclic amines) is 1. The SMILES string of the molecule is NC(=O)C1CCN(Cc2cnc(-c3cc4cccc(N(CC5CC5)S(=O)(=O)c5cccs5)c4[nH]3)s2)CC1. The molecule has 0 unspecified atom stereocenters. The minimum atomic E-state index is -3.65. The van der Waals surface area contributed by atoms with Gasteiger partial charge in [-0.3, -0.25) is 14.0 Å². The van der Waals surface area contributed by atoms with Gasteiger partial charge in [0.25, 0.3) is 10.0 Å². The predicted molar refractivity (Wildman–Crippen MR) is 148 cm³/mol. The van der Waals surface area contributed by atoms with Gasteiger partial charge < -0.3 is 10.7 Å². The molecule has 1 amide bonds. The molecule has 2 aliphatic rings. The number of thiophene rings is 1. The summed E-state index contributed by atoms with van der Waals surface area (Å²) >= 11 is 2.89. The third-order valence-corrected chi connectivity index (χ3v) is 11.4. The zero-order chi connectivity index (χ0) is 25.6. The number of rotatable bonds is 9. The highest BCUT2D eigenvalue weighted by Crippen LogP contribution is 2.39. The Morgan fingerprint density at radius 3 is 2.68 bits per heavy atom. The average molecular weight is 556 g/mol. The number of hydrogen-bond acceptors (Lipinski definition) is 7. The number of sulfonamides is 1. The third kappa shape index (κ3) is 5.05. The third-order valence-electron chi connectivity index (χ3n) is 7.22. The van der Waals surface area contributed by atoms with E-state index in [1.165, 1.54) is 11.3 Å². The van der Waals surface area contributed by atoms with Crippen molar-refractivity contribution in [2.24, 2.45) is 17.6 Å². The maximum atomic E-state index is 13.6. The van der Waals surface area contributed by atoms with Gasteiger partial charge in [0.1, 0.15) is 9.22 Å². The first-order valence-electron chi connectivity index (χ1n) is 12.5. The number of nitrogens with two attached hydrogens (primary N) is 1. The van der Waals surface area contributed by atoms with Gasteiger partial charge >= 0.3 is 0 Å². The molecule has 3 aromatic heterocycles. The molecule has 1 saturated heterocycles. The monoisotopic (exact) mass is 555 g/mol. The van der Waals surface area contributed by atoms with E-state index >= 15 is 0 Å². The molecule has 4 heterocycles. The van der Waals surface area contributed by atoms with Gasteiger partial charge in [0, 0.05) is 35.5 Å². The number of carbonyl (C=O) groups is 1. The highest BCUT2D eigenvalue weighted by molar-refractivity contribution is 7.94. The van der Waals surface area contributed by atoms with Gasteiger partial charge in [-0.1, -0.05) is 18.2 Å². The summed E-state index contributed by atoms with van der Waals surface area (Å²) in [4.78, 5) is 23.1. The number of amides is 1. The number of aromatic nitrogens is 2. The van der Waals surface area contributed by atoms with Crippen molar-refractivity contribution >= 4 is 55.2 Å². The van der Waals surface area contributed by atoms with Crippen molar-refractivity contribution in [2.45, 2.75) is 36.4 Å². The van der Waals surface area contributed by atoms with E-state index in [0.717, 1.165) is 71.8 Å². The first-order valence-corrected chi connectivity index (χ1v) is 15.7. The van der Waals surface area contributed by atoms with E-state index < -0.39 is 10.0 Å². The fraction of sp³-hybridized carbons (Fsp3) is 0.385. The second-order valence-electron chi connectivity index (χ2n) is 9.92. The Morgan fingerprint density at radius 2 is 1.97 bits per heavy atom. The molecule has 0 atom stereocenters. The Kier molecular flexibility index (Phi) is 6.56. The van der Waals surface area contributed by atoms with Crippen molar-refractivity contribution in [3.05, 3.63) is 52.9 Å². The van der Waals surface area contributed by atoms with Crippen molar-refractivity contribution in [1.29, 1.82) is 0 Å². The van der Waals surface area contributed by atoms with Crippen LogP contribution in [0.2, 0.25) is 0 Å². The standard InChI is InChI=1S/C26H29N5O3S3/c27-25(32)18-8-10-30(11-9-18)16-20-14-28-26(36-20)21-13-19-3-1-4-22(24(19)29-21)31(15-17-6-7-17)37(33,34)23-5-2-12-35-23/h1-5,12-14,17-18,29H,6-11,15-16H2,(H2,27,32). The molecule has 11 heteroatoms. The zero-order valence-electron chi connectivity index (χ0n) is 20.3. The molecular formula is C26H29N5O3S3. The van der Waals surface area contributed by atoms with Gasteiger partial charge in [-0.2, -0.15) is 0 Å². The normalized spacial score (nSPS) is 17.4. The molecule has 1 aliphatic heterocycles. The van der Waals surface area contributed by atoms with Crippen LogP contribution < -0.4 is 10.0 Å². The van der Waals surface area contributed by atoms with Crippen LogP contribution >= 0.6 is 22.7 Å². The second-order valence-corrected chi connectivity index (χ2v) is 14.1. The number of nitrogens with zero attached hydrogens (tertiary/aromatic N) is 3. The Balaban J connectivity index is 1.27. The zero-order valence-corrected chi connectivity index (χ0v) is 22.7. The number of anilines is 1. The van der Waals surface area contributed by atoms with E-state index in [0.29, 0.717) is 22.4 Å². The number of benzene rings is 1. The Bertz CT molecular complexity index is 1510. The second kappa shape index (κ2) is 9.86. The van der Waals surface area contributed by atoms with Crippen molar-refractivity contribution in [3.8, 4) is 10.7 Å². The first kappa shape index (κ1) is 24.6. The molecule has 8 nitrogen and oxygen atoms in total. The maximum Gasteiger partial charge on any atom is 0.273 e. The Labute approximate surface area is 224 Å². The molecule has 1 saturated carbocycles. The number of hydrogen-bond donors (Lipinski definition) is 2. The molecule has 0 radical (unpaired) electrons. The summed E-state index contributed by atoms with van der Waals surface area (Å²) in [6.45, 7) is 2.99. The van der Waals surface area contributed by atoms with Crippen molar-refractivity contribution in [1.82, 2.24) is 14.9 Å². The minimum Gasteiger partial charge on any atom is -0.369 e. The van der Waals surface area contributed by atoms with E-state index in [9.17, 15) is 13.2 Å². The highest BCUT2D eigenvalue weighted by Gasteiger charge is 2.34. The number of para-hydroxylation sites is 1. The summed E-state index contributed by atoms with van der Waals surface area (Å²) in [5.74, 6) is 0.183. The summed E-state index contributed by atoms with van der Waals surface area (Å²) in [6, 6.07) is 11.3. The molecule has 3 N–H and O–H groups in total. The summed E-state index contributed by atoms with van der Waals surface area (Å²) in [5, 5.41) is 3.63. The highest BCUT2D eigenvalue weighted by atomic mass is 32.2. The average Bonchev–Trinajstić information content (AvgIpc) is 3.28. The lowest BCUT2D eigenvalue weighted by Crippen LogP contribution is -2.37. The van der Waals surface area contributed by atoms with E-state index in [1.807, 2.05) is 30.5 Å². The summed E-state index contributed by atoms with van der Waals surface area (Å²) in [7, 11) is -3.65. The number of fused-ring (bicyclic) bond motifs is 1. The van der Waals surface area contributed by atoms with Gasteiger partial charge in [0.05, 0.1) is 16.9 Å². The topological polar surface area (TPSA) is 112 Å². The van der Waals surface area contributed by atoms with Crippen LogP contribution in [0.1, 0.15) is 30.6 Å². The van der Waals surface area contributed by atoms with Crippen LogP contribution in [0, 0.1) is 11.8 Å². The number of carbonyl (C=O) groups excluding carboxylic acids is 1. The quantitative estimate of drug-likeness (QED) is 0.312. The first-order chi connectivity index (χ1) is 17.9. The molecule has 6 rings (SSSR count). The van der Waals surface area contributed by atoms with Crippen LogP contribution in [0.5, 0.6) is 0 Å². The van der Waals surface area contributed by atoms with Crippen LogP contribution in [0.25, 0.3) is 21.6 Å². The van der Waals surface area contributed by atoms with Gasteiger partial charge in [0.2, 0.25) is 5.91 Å². The smallest absolute Gasteiger partial charge is 0.273 e. The number of nitrogens with one attached hydrogen (secondary N) is 1. The van der Waals surface area contributed by atoms with E-state index in [2.05, 4.69) is 14.9 Å².